The van der Waals surface area contributed by atoms with Crippen LogP contribution in [0.2, 0.25) is 5.02 Å². The van der Waals surface area contributed by atoms with Gasteiger partial charge < -0.3 is 15.5 Å². The molecule has 3 N–H and O–H groups in total. The lowest BCUT2D eigenvalue weighted by Gasteiger charge is -2.19. The second-order valence-electron chi connectivity index (χ2n) is 4.38. The number of aromatic hydroxyl groups is 2. The largest absolute Gasteiger partial charge is 0.507 e. The second-order valence-corrected chi connectivity index (χ2v) is 4.79. The van der Waals surface area contributed by atoms with Crippen molar-refractivity contribution in [2.24, 2.45) is 0 Å². The number of nitriles is 1. The highest BCUT2D eigenvalue weighted by Gasteiger charge is 2.16. The number of phenols is 2. The van der Waals surface area contributed by atoms with Crippen molar-refractivity contribution in [1.29, 1.82) is 5.26 Å². The van der Waals surface area contributed by atoms with E-state index >= 15 is 0 Å². The molecular weight excluding hydrogens is 276 g/mol. The zero-order valence-electron chi connectivity index (χ0n) is 10.8. The van der Waals surface area contributed by atoms with Crippen molar-refractivity contribution in [3.8, 4) is 17.6 Å². The normalized spacial score (nSPS) is 11.7. The smallest absolute Gasteiger partial charge is 0.124 e. The minimum absolute atomic E-state index is 0.00226. The van der Waals surface area contributed by atoms with Gasteiger partial charge in [0, 0.05) is 0 Å². The fourth-order valence-corrected chi connectivity index (χ4v) is 2.17. The lowest BCUT2D eigenvalue weighted by molar-refractivity contribution is 0.434. The van der Waals surface area contributed by atoms with Crippen LogP contribution in [0.4, 0.5) is 5.69 Å². The predicted molar refractivity (Wildman–Crippen MR) is 78.0 cm³/mol. The predicted octanol–water partition coefficient (Wildman–Crippen LogP) is 3.80. The summed E-state index contributed by atoms with van der Waals surface area (Å²) in [5, 5.41) is 32.1. The van der Waals surface area contributed by atoms with Crippen LogP contribution in [0.5, 0.6) is 11.5 Å². The highest BCUT2D eigenvalue weighted by Crippen LogP contribution is 2.35. The van der Waals surface area contributed by atoms with Crippen molar-refractivity contribution < 1.29 is 10.2 Å². The lowest BCUT2D eigenvalue weighted by atomic mass is 10.1. The van der Waals surface area contributed by atoms with Gasteiger partial charge in [0.15, 0.2) is 0 Å². The molecule has 0 saturated heterocycles. The summed E-state index contributed by atoms with van der Waals surface area (Å²) in [6.07, 6.45) is 0. The molecule has 1 atom stereocenters. The molecule has 0 amide bonds. The number of hydrogen-bond donors (Lipinski definition) is 3. The number of nitrogens with zero attached hydrogens (tertiary/aromatic N) is 1. The summed E-state index contributed by atoms with van der Waals surface area (Å²) in [5.41, 5.74) is 1.43. The third-order valence-electron chi connectivity index (χ3n) is 2.96. The minimum Gasteiger partial charge on any atom is -0.507 e. The molecule has 0 aromatic heterocycles. The summed E-state index contributed by atoms with van der Waals surface area (Å²) in [6, 6.07) is 11.1. The summed E-state index contributed by atoms with van der Waals surface area (Å²) in [5.74, 6) is -0.00452. The zero-order valence-corrected chi connectivity index (χ0v) is 11.5. The fraction of sp³-hybridized carbons (Fsp3) is 0.133. The number of rotatable bonds is 3. The molecule has 0 saturated carbocycles. The molecule has 0 spiro atoms. The Kier molecular flexibility index (Phi) is 4.02. The van der Waals surface area contributed by atoms with Crippen molar-refractivity contribution >= 4 is 17.3 Å². The Bertz CT molecular complexity index is 660. The van der Waals surface area contributed by atoms with Gasteiger partial charge in [0.1, 0.15) is 11.5 Å². The summed E-state index contributed by atoms with van der Waals surface area (Å²) >= 11 is 6.07. The van der Waals surface area contributed by atoms with Crippen molar-refractivity contribution in [1.82, 2.24) is 0 Å². The van der Waals surface area contributed by atoms with Crippen LogP contribution in [0.25, 0.3) is 0 Å². The van der Waals surface area contributed by atoms with Crippen molar-refractivity contribution in [3.63, 3.8) is 0 Å². The Hall–Kier alpha value is -2.38. The van der Waals surface area contributed by atoms with E-state index in [4.69, 9.17) is 16.9 Å². The first kappa shape index (κ1) is 14.0. The Labute approximate surface area is 121 Å². The Morgan fingerprint density at radius 3 is 2.45 bits per heavy atom. The van der Waals surface area contributed by atoms with Crippen molar-refractivity contribution in [3.05, 3.63) is 52.5 Å². The summed E-state index contributed by atoms with van der Waals surface area (Å²) < 4.78 is 0. The van der Waals surface area contributed by atoms with Gasteiger partial charge in [0.2, 0.25) is 0 Å². The number of halogens is 1. The van der Waals surface area contributed by atoms with Gasteiger partial charge in [0.05, 0.1) is 33.9 Å². The van der Waals surface area contributed by atoms with Gasteiger partial charge in [0.25, 0.3) is 0 Å². The van der Waals surface area contributed by atoms with E-state index in [9.17, 15) is 10.2 Å². The highest BCUT2D eigenvalue weighted by molar-refractivity contribution is 6.33. The SMILES string of the molecule is CC(Nc1cc(C#N)ccc1Cl)c1c(O)cccc1O. The molecule has 0 radical (unpaired) electrons. The van der Waals surface area contributed by atoms with E-state index < -0.39 is 0 Å². The molecule has 102 valence electrons. The lowest BCUT2D eigenvalue weighted by Crippen LogP contribution is -2.07. The summed E-state index contributed by atoms with van der Waals surface area (Å²) in [6.45, 7) is 1.78. The van der Waals surface area contributed by atoms with Gasteiger partial charge in [-0.25, -0.2) is 0 Å². The molecule has 1 unspecified atom stereocenters. The van der Waals surface area contributed by atoms with Gasteiger partial charge in [-0.15, -0.1) is 0 Å². The average molecular weight is 289 g/mol. The number of benzene rings is 2. The first-order valence-electron chi connectivity index (χ1n) is 6.00. The van der Waals surface area contributed by atoms with E-state index in [0.717, 1.165) is 0 Å². The van der Waals surface area contributed by atoms with Crippen LogP contribution < -0.4 is 5.32 Å². The van der Waals surface area contributed by atoms with Crippen LogP contribution in [0, 0.1) is 11.3 Å². The van der Waals surface area contributed by atoms with E-state index in [0.29, 0.717) is 21.8 Å². The molecule has 2 aromatic rings. The maximum atomic E-state index is 9.82. The van der Waals surface area contributed by atoms with E-state index in [2.05, 4.69) is 5.32 Å². The monoisotopic (exact) mass is 288 g/mol. The highest BCUT2D eigenvalue weighted by atomic mass is 35.5. The van der Waals surface area contributed by atoms with Crippen LogP contribution >= 0.6 is 11.6 Å². The van der Waals surface area contributed by atoms with Crippen molar-refractivity contribution in [2.45, 2.75) is 13.0 Å². The van der Waals surface area contributed by atoms with Crippen LogP contribution in [-0.4, -0.2) is 10.2 Å². The standard InChI is InChI=1S/C15H13ClN2O2/c1-9(15-13(19)3-2-4-14(15)20)18-12-7-10(8-17)5-6-11(12)16/h2-7,9,18-20H,1H3. The number of nitrogens with one attached hydrogen (secondary N) is 1. The first-order valence-corrected chi connectivity index (χ1v) is 6.37. The molecule has 20 heavy (non-hydrogen) atoms. The zero-order chi connectivity index (χ0) is 14.7. The van der Waals surface area contributed by atoms with Gasteiger partial charge in [-0.05, 0) is 37.3 Å². The third kappa shape index (κ3) is 2.79. The Morgan fingerprint density at radius 2 is 1.85 bits per heavy atom. The topological polar surface area (TPSA) is 76.3 Å². The third-order valence-corrected chi connectivity index (χ3v) is 3.29. The molecule has 5 heteroatoms. The molecule has 0 aliphatic rings. The first-order chi connectivity index (χ1) is 9.52. The molecule has 0 bridgehead atoms. The van der Waals surface area contributed by atoms with Gasteiger partial charge in [-0.2, -0.15) is 5.26 Å². The minimum atomic E-state index is -0.373. The van der Waals surface area contributed by atoms with E-state index in [-0.39, 0.29) is 17.5 Å². The van der Waals surface area contributed by atoms with Crippen LogP contribution in [0.3, 0.4) is 0 Å². The van der Waals surface area contributed by atoms with Crippen molar-refractivity contribution in [2.75, 3.05) is 5.32 Å². The Balaban J connectivity index is 2.33. The van der Waals surface area contributed by atoms with E-state index in [1.807, 2.05) is 6.07 Å². The van der Waals surface area contributed by atoms with Crippen LogP contribution in [0.1, 0.15) is 24.1 Å². The second kappa shape index (κ2) is 5.72. The van der Waals surface area contributed by atoms with E-state index in [1.165, 1.54) is 12.1 Å². The van der Waals surface area contributed by atoms with Gasteiger partial charge in [-0.3, -0.25) is 0 Å². The molecule has 0 aliphatic carbocycles. The summed E-state index contributed by atoms with van der Waals surface area (Å²) in [4.78, 5) is 0. The number of hydrogen-bond acceptors (Lipinski definition) is 4. The molecular formula is C15H13ClN2O2. The van der Waals surface area contributed by atoms with Gasteiger partial charge >= 0.3 is 0 Å². The molecule has 0 heterocycles. The number of phenolic OH excluding ortho intramolecular Hbond substituents is 2. The van der Waals surface area contributed by atoms with Crippen LogP contribution in [0.15, 0.2) is 36.4 Å². The maximum Gasteiger partial charge on any atom is 0.124 e. The molecule has 0 aliphatic heterocycles. The average Bonchev–Trinajstić information content (AvgIpc) is 2.41. The molecule has 2 aromatic carbocycles. The molecule has 4 nitrogen and oxygen atoms in total. The molecule has 0 fully saturated rings. The molecule has 2 rings (SSSR count). The number of anilines is 1. The van der Waals surface area contributed by atoms with E-state index in [1.54, 1.807) is 31.2 Å². The van der Waals surface area contributed by atoms with Crippen LogP contribution in [-0.2, 0) is 0 Å². The summed E-state index contributed by atoms with van der Waals surface area (Å²) in [7, 11) is 0. The maximum absolute atomic E-state index is 9.82. The fourth-order valence-electron chi connectivity index (χ4n) is 2.00. The van der Waals surface area contributed by atoms with Gasteiger partial charge in [-0.1, -0.05) is 17.7 Å². The Morgan fingerprint density at radius 1 is 1.20 bits per heavy atom. The quantitative estimate of drug-likeness (QED) is 0.803.